The van der Waals surface area contributed by atoms with Crippen molar-refractivity contribution in [1.82, 2.24) is 9.80 Å². The average Bonchev–Trinajstić information content (AvgIpc) is 2.09. The number of ether oxygens (including phenoxy) is 2. The number of carbonyl (C=O) groups is 1. The molecular formula is C13H24N2O3. The fourth-order valence-electron chi connectivity index (χ4n) is 2.35. The molecule has 0 aromatic rings. The molecule has 5 nitrogen and oxygen atoms in total. The number of hydrogen-bond acceptors (Lipinski definition) is 4. The maximum absolute atomic E-state index is 11.7. The molecule has 0 aliphatic carbocycles. The summed E-state index contributed by atoms with van der Waals surface area (Å²) in [4.78, 5) is 15.9. The molecule has 2 aliphatic rings. The van der Waals surface area contributed by atoms with E-state index in [1.807, 2.05) is 20.8 Å². The highest BCUT2D eigenvalue weighted by Crippen LogP contribution is 2.22. The fraction of sp³-hybridized carbons (Fsp3) is 0.923. The van der Waals surface area contributed by atoms with Crippen LogP contribution in [-0.2, 0) is 9.47 Å². The van der Waals surface area contributed by atoms with Crippen molar-refractivity contribution >= 4 is 6.09 Å². The lowest BCUT2D eigenvalue weighted by molar-refractivity contribution is -0.0533. The molecule has 0 aromatic carbocycles. The van der Waals surface area contributed by atoms with Gasteiger partial charge in [-0.1, -0.05) is 0 Å². The molecule has 104 valence electrons. The van der Waals surface area contributed by atoms with Crippen LogP contribution in [0.1, 0.15) is 20.8 Å². The van der Waals surface area contributed by atoms with Crippen LogP contribution in [0.15, 0.2) is 0 Å². The molecular weight excluding hydrogens is 232 g/mol. The molecule has 0 atom stereocenters. The van der Waals surface area contributed by atoms with Crippen molar-refractivity contribution in [2.75, 3.05) is 39.8 Å². The Bertz CT molecular complexity index is 302. The molecule has 0 saturated carbocycles. The topological polar surface area (TPSA) is 42.0 Å². The van der Waals surface area contributed by atoms with Crippen molar-refractivity contribution in [3.8, 4) is 0 Å². The van der Waals surface area contributed by atoms with Gasteiger partial charge in [-0.3, -0.25) is 4.90 Å². The second kappa shape index (κ2) is 5.05. The summed E-state index contributed by atoms with van der Waals surface area (Å²) >= 11 is 0. The monoisotopic (exact) mass is 256 g/mol. The van der Waals surface area contributed by atoms with E-state index in [9.17, 15) is 4.79 Å². The standard InChI is InChI=1S/C13H24N2O3/c1-13(2,3)18-12(16)15-6-10(7-15)5-14-8-11(9-14)17-4/h10-11H,5-9H2,1-4H3. The maximum atomic E-state index is 11.7. The number of carbonyl (C=O) groups excluding carboxylic acids is 1. The van der Waals surface area contributed by atoms with Crippen LogP contribution in [0.3, 0.4) is 0 Å². The highest BCUT2D eigenvalue weighted by molar-refractivity contribution is 5.69. The first-order valence-corrected chi connectivity index (χ1v) is 6.60. The van der Waals surface area contributed by atoms with Gasteiger partial charge in [0.15, 0.2) is 0 Å². The summed E-state index contributed by atoms with van der Waals surface area (Å²) in [6, 6.07) is 0. The molecule has 18 heavy (non-hydrogen) atoms. The Labute approximate surface area is 109 Å². The zero-order valence-electron chi connectivity index (χ0n) is 11.8. The van der Waals surface area contributed by atoms with E-state index in [0.29, 0.717) is 12.0 Å². The van der Waals surface area contributed by atoms with Crippen molar-refractivity contribution in [3.63, 3.8) is 0 Å². The van der Waals surface area contributed by atoms with Crippen LogP contribution in [0.4, 0.5) is 4.79 Å². The van der Waals surface area contributed by atoms with E-state index in [0.717, 1.165) is 32.7 Å². The molecule has 2 rings (SSSR count). The molecule has 0 bridgehead atoms. The van der Waals surface area contributed by atoms with Crippen molar-refractivity contribution in [2.24, 2.45) is 5.92 Å². The first-order valence-electron chi connectivity index (χ1n) is 6.60. The molecule has 0 unspecified atom stereocenters. The third-order valence-electron chi connectivity index (χ3n) is 3.38. The van der Waals surface area contributed by atoms with Crippen LogP contribution in [0, 0.1) is 5.92 Å². The Morgan fingerprint density at radius 1 is 1.22 bits per heavy atom. The van der Waals surface area contributed by atoms with E-state index < -0.39 is 5.60 Å². The van der Waals surface area contributed by atoms with Crippen LogP contribution in [0.2, 0.25) is 0 Å². The minimum Gasteiger partial charge on any atom is -0.444 e. The lowest BCUT2D eigenvalue weighted by atomic mass is 9.98. The van der Waals surface area contributed by atoms with Crippen molar-refractivity contribution in [3.05, 3.63) is 0 Å². The average molecular weight is 256 g/mol. The van der Waals surface area contributed by atoms with Crippen molar-refractivity contribution < 1.29 is 14.3 Å². The molecule has 2 aliphatic heterocycles. The van der Waals surface area contributed by atoms with Gasteiger partial charge in [0, 0.05) is 45.8 Å². The molecule has 0 radical (unpaired) electrons. The third kappa shape index (κ3) is 3.36. The van der Waals surface area contributed by atoms with Crippen LogP contribution in [0.5, 0.6) is 0 Å². The number of rotatable bonds is 3. The lowest BCUT2D eigenvalue weighted by Gasteiger charge is -2.45. The first kappa shape index (κ1) is 13.6. The zero-order valence-corrected chi connectivity index (χ0v) is 11.8. The summed E-state index contributed by atoms with van der Waals surface area (Å²) in [6.45, 7) is 10.5. The summed E-state index contributed by atoms with van der Waals surface area (Å²) in [5.74, 6) is 0.593. The van der Waals surface area contributed by atoms with Gasteiger partial charge in [-0.2, -0.15) is 0 Å². The second-order valence-corrected chi connectivity index (χ2v) is 6.33. The SMILES string of the molecule is COC1CN(CC2CN(C(=O)OC(C)(C)C)C2)C1. The second-order valence-electron chi connectivity index (χ2n) is 6.33. The number of nitrogens with zero attached hydrogens (tertiary/aromatic N) is 2. The molecule has 2 fully saturated rings. The Hall–Kier alpha value is -0.810. The molecule has 1 amide bonds. The minimum atomic E-state index is -0.397. The van der Waals surface area contributed by atoms with E-state index in [2.05, 4.69) is 4.90 Å². The number of amides is 1. The molecule has 2 heterocycles. The summed E-state index contributed by atoms with van der Waals surface area (Å²) in [5.41, 5.74) is -0.397. The van der Waals surface area contributed by atoms with E-state index in [1.54, 1.807) is 12.0 Å². The van der Waals surface area contributed by atoms with E-state index in [-0.39, 0.29) is 6.09 Å². The largest absolute Gasteiger partial charge is 0.444 e. The quantitative estimate of drug-likeness (QED) is 0.760. The Kier molecular flexibility index (Phi) is 3.82. The van der Waals surface area contributed by atoms with Gasteiger partial charge >= 0.3 is 6.09 Å². The van der Waals surface area contributed by atoms with Crippen LogP contribution < -0.4 is 0 Å². The van der Waals surface area contributed by atoms with E-state index in [1.165, 1.54) is 0 Å². The number of likely N-dealkylation sites (tertiary alicyclic amines) is 2. The van der Waals surface area contributed by atoms with Gasteiger partial charge in [-0.25, -0.2) is 4.79 Å². The minimum absolute atomic E-state index is 0.183. The summed E-state index contributed by atoms with van der Waals surface area (Å²) in [6.07, 6.45) is 0.226. The summed E-state index contributed by atoms with van der Waals surface area (Å²) in [5, 5.41) is 0. The molecule has 5 heteroatoms. The summed E-state index contributed by atoms with van der Waals surface area (Å²) < 4.78 is 10.6. The Morgan fingerprint density at radius 2 is 1.83 bits per heavy atom. The molecule has 0 aromatic heterocycles. The predicted octanol–water partition coefficient (Wildman–Crippen LogP) is 1.18. The predicted molar refractivity (Wildman–Crippen MR) is 68.5 cm³/mol. The summed E-state index contributed by atoms with van der Waals surface area (Å²) in [7, 11) is 1.76. The molecule has 2 saturated heterocycles. The van der Waals surface area contributed by atoms with Crippen LogP contribution in [0.25, 0.3) is 0 Å². The van der Waals surface area contributed by atoms with Crippen LogP contribution in [-0.4, -0.2) is 67.4 Å². The van der Waals surface area contributed by atoms with Gasteiger partial charge in [0.05, 0.1) is 6.10 Å². The number of hydrogen-bond donors (Lipinski definition) is 0. The molecule has 0 N–H and O–H groups in total. The lowest BCUT2D eigenvalue weighted by Crippen LogP contribution is -2.59. The Morgan fingerprint density at radius 3 is 2.33 bits per heavy atom. The van der Waals surface area contributed by atoms with E-state index in [4.69, 9.17) is 9.47 Å². The van der Waals surface area contributed by atoms with Gasteiger partial charge in [-0.15, -0.1) is 0 Å². The van der Waals surface area contributed by atoms with Gasteiger partial charge in [0.2, 0.25) is 0 Å². The van der Waals surface area contributed by atoms with Crippen LogP contribution >= 0.6 is 0 Å². The van der Waals surface area contributed by atoms with Crippen molar-refractivity contribution in [2.45, 2.75) is 32.5 Å². The zero-order chi connectivity index (χ0) is 13.3. The maximum Gasteiger partial charge on any atom is 0.410 e. The fourth-order valence-corrected chi connectivity index (χ4v) is 2.35. The number of methoxy groups -OCH3 is 1. The van der Waals surface area contributed by atoms with Gasteiger partial charge in [-0.05, 0) is 20.8 Å². The smallest absolute Gasteiger partial charge is 0.410 e. The van der Waals surface area contributed by atoms with Gasteiger partial charge in [0.25, 0.3) is 0 Å². The first-order chi connectivity index (χ1) is 8.37. The van der Waals surface area contributed by atoms with Gasteiger partial charge in [0.1, 0.15) is 5.60 Å². The van der Waals surface area contributed by atoms with E-state index >= 15 is 0 Å². The normalized spacial score (nSPS) is 22.6. The highest BCUT2D eigenvalue weighted by Gasteiger charge is 2.37. The Balaban J connectivity index is 1.61. The highest BCUT2D eigenvalue weighted by atomic mass is 16.6. The van der Waals surface area contributed by atoms with Gasteiger partial charge < -0.3 is 14.4 Å². The third-order valence-corrected chi connectivity index (χ3v) is 3.38. The molecule has 0 spiro atoms. The van der Waals surface area contributed by atoms with Crippen molar-refractivity contribution in [1.29, 1.82) is 0 Å².